The van der Waals surface area contributed by atoms with Crippen LogP contribution >= 0.6 is 0 Å². The topological polar surface area (TPSA) is 0 Å². The van der Waals surface area contributed by atoms with Crippen molar-refractivity contribution >= 4 is 21.5 Å². The van der Waals surface area contributed by atoms with Crippen LogP contribution in [-0.2, 0) is 16.2 Å². The number of rotatable bonds is 5. The van der Waals surface area contributed by atoms with Gasteiger partial charge in [0.15, 0.2) is 0 Å². The first-order chi connectivity index (χ1) is 34.4. The highest BCUT2D eigenvalue weighted by Crippen LogP contribution is 2.54. The summed E-state index contributed by atoms with van der Waals surface area (Å²) in [5, 5.41) is 5.06. The summed E-state index contributed by atoms with van der Waals surface area (Å²) in [5.41, 5.74) is 28.8. The molecule has 0 spiro atoms. The van der Waals surface area contributed by atoms with E-state index in [2.05, 4.69) is 260 Å². The number of benzene rings is 11. The molecule has 3 aliphatic carbocycles. The van der Waals surface area contributed by atoms with Gasteiger partial charge in [-0.3, -0.25) is 0 Å². The molecule has 0 heteroatoms. The van der Waals surface area contributed by atoms with Crippen molar-refractivity contribution in [2.24, 2.45) is 0 Å². The second-order valence-corrected chi connectivity index (χ2v) is 22.1. The molecular weight excluding hydrogens is 853 g/mol. The molecule has 0 fully saturated rings. The fraction of sp³-hybridized carbons (Fsp3) is 0.127. The van der Waals surface area contributed by atoms with Gasteiger partial charge < -0.3 is 0 Å². The largest absolute Gasteiger partial charge is 0.0619 e. The van der Waals surface area contributed by atoms with E-state index in [0.29, 0.717) is 0 Å². The minimum absolute atomic E-state index is 0.0134. The van der Waals surface area contributed by atoms with Gasteiger partial charge >= 0.3 is 0 Å². The first-order valence-corrected chi connectivity index (χ1v) is 25.4. The Balaban J connectivity index is 0.721. The molecule has 0 saturated carbocycles. The molecule has 11 aromatic rings. The molecule has 0 unspecified atom stereocenters. The lowest BCUT2D eigenvalue weighted by Crippen LogP contribution is -2.15. The van der Waals surface area contributed by atoms with Gasteiger partial charge in [-0.25, -0.2) is 0 Å². The third-order valence-electron chi connectivity index (χ3n) is 17.1. The fourth-order valence-corrected chi connectivity index (χ4v) is 12.9. The molecule has 0 amide bonds. The Hall–Kier alpha value is -8.06. The second kappa shape index (κ2) is 15.0. The van der Waals surface area contributed by atoms with Crippen molar-refractivity contribution in [2.75, 3.05) is 0 Å². The van der Waals surface area contributed by atoms with Crippen LogP contribution in [0.3, 0.4) is 0 Å². The SMILES string of the molecule is CC1(C)c2ccccc2-c2ccc(-c3ccc(-c4ccc5c(c4)C(C)(C)c4cc(-c6ccc7c(c6)C(C)(C)c6cc(-c8ccc9cc(-c%10ccc%11ccccc%11c%10)ccc9c8)ccc6-7)ccc4-5)cc3)cc21. The molecule has 71 heavy (non-hydrogen) atoms. The molecule has 0 heterocycles. The van der Waals surface area contributed by atoms with Crippen molar-refractivity contribution in [1.82, 2.24) is 0 Å². The molecule has 0 aromatic heterocycles. The average Bonchev–Trinajstić information content (AvgIpc) is 3.89. The maximum absolute atomic E-state index is 2.47. The van der Waals surface area contributed by atoms with Crippen molar-refractivity contribution in [3.8, 4) is 89.0 Å². The van der Waals surface area contributed by atoms with Crippen LogP contribution in [0.2, 0.25) is 0 Å². The van der Waals surface area contributed by atoms with Gasteiger partial charge in [-0.1, -0.05) is 211 Å². The van der Waals surface area contributed by atoms with Crippen molar-refractivity contribution in [1.29, 1.82) is 0 Å². The molecule has 0 N–H and O–H groups in total. The highest BCUT2D eigenvalue weighted by molar-refractivity contribution is 5.95. The van der Waals surface area contributed by atoms with E-state index in [4.69, 9.17) is 0 Å². The van der Waals surface area contributed by atoms with Crippen LogP contribution in [0.15, 0.2) is 218 Å². The van der Waals surface area contributed by atoms with Gasteiger partial charge in [0.05, 0.1) is 0 Å². The molecule has 0 bridgehead atoms. The summed E-state index contributed by atoms with van der Waals surface area (Å²) in [7, 11) is 0. The lowest BCUT2D eigenvalue weighted by Gasteiger charge is -2.24. The van der Waals surface area contributed by atoms with E-state index < -0.39 is 0 Å². The molecule has 338 valence electrons. The van der Waals surface area contributed by atoms with Crippen molar-refractivity contribution in [3.05, 3.63) is 252 Å². The van der Waals surface area contributed by atoms with Crippen LogP contribution in [0.5, 0.6) is 0 Å². The summed E-state index contributed by atoms with van der Waals surface area (Å²) in [6.45, 7) is 14.3. The first kappa shape index (κ1) is 41.9. The molecule has 14 rings (SSSR count). The molecule has 0 aliphatic heterocycles. The van der Waals surface area contributed by atoms with Crippen LogP contribution in [-0.4, -0.2) is 0 Å². The van der Waals surface area contributed by atoms with Gasteiger partial charge in [-0.15, -0.1) is 0 Å². The predicted molar refractivity (Wildman–Crippen MR) is 301 cm³/mol. The normalized spacial score (nSPS) is 15.0. The number of hydrogen-bond donors (Lipinski definition) is 0. The zero-order valence-corrected chi connectivity index (χ0v) is 41.3. The third kappa shape index (κ3) is 6.30. The quantitative estimate of drug-likeness (QED) is 0.161. The molecule has 0 radical (unpaired) electrons. The van der Waals surface area contributed by atoms with Gasteiger partial charge in [0.1, 0.15) is 0 Å². The number of fused-ring (bicyclic) bond motifs is 11. The molecule has 0 nitrogen and oxygen atoms in total. The van der Waals surface area contributed by atoms with Crippen LogP contribution < -0.4 is 0 Å². The van der Waals surface area contributed by atoms with Crippen LogP contribution in [0.4, 0.5) is 0 Å². The van der Waals surface area contributed by atoms with Gasteiger partial charge in [0.2, 0.25) is 0 Å². The van der Waals surface area contributed by atoms with Crippen molar-refractivity contribution in [3.63, 3.8) is 0 Å². The predicted octanol–water partition coefficient (Wildman–Crippen LogP) is 19.2. The molecule has 0 atom stereocenters. The Kier molecular flexibility index (Phi) is 8.83. The van der Waals surface area contributed by atoms with Crippen LogP contribution in [0, 0.1) is 0 Å². The summed E-state index contributed by atoms with van der Waals surface area (Å²) < 4.78 is 0. The highest BCUT2D eigenvalue weighted by atomic mass is 14.4. The van der Waals surface area contributed by atoms with E-state index in [1.54, 1.807) is 0 Å². The maximum Gasteiger partial charge on any atom is 0.0159 e. The fourth-order valence-electron chi connectivity index (χ4n) is 12.9. The minimum Gasteiger partial charge on any atom is -0.0619 e. The summed E-state index contributed by atoms with van der Waals surface area (Å²) in [5.74, 6) is 0. The summed E-state index contributed by atoms with van der Waals surface area (Å²) in [4.78, 5) is 0. The van der Waals surface area contributed by atoms with E-state index in [0.717, 1.165) is 0 Å². The Bertz CT molecular complexity index is 4060. The average molecular weight is 907 g/mol. The zero-order valence-electron chi connectivity index (χ0n) is 41.3. The van der Waals surface area contributed by atoms with Crippen LogP contribution in [0.1, 0.15) is 74.9 Å². The smallest absolute Gasteiger partial charge is 0.0159 e. The van der Waals surface area contributed by atoms with Crippen molar-refractivity contribution < 1.29 is 0 Å². The van der Waals surface area contributed by atoms with Gasteiger partial charge in [-0.05, 0) is 192 Å². The van der Waals surface area contributed by atoms with E-state index in [1.807, 2.05) is 0 Å². The summed E-state index contributed by atoms with van der Waals surface area (Å²) in [6.07, 6.45) is 0. The molecule has 11 aromatic carbocycles. The first-order valence-electron chi connectivity index (χ1n) is 25.4. The lowest BCUT2D eigenvalue weighted by atomic mass is 9.79. The lowest BCUT2D eigenvalue weighted by molar-refractivity contribution is 0.660. The van der Waals surface area contributed by atoms with E-state index in [1.165, 1.54) is 144 Å². The van der Waals surface area contributed by atoms with Gasteiger partial charge in [-0.2, -0.15) is 0 Å². The summed E-state index contributed by atoms with van der Waals surface area (Å²) >= 11 is 0. The van der Waals surface area contributed by atoms with E-state index in [9.17, 15) is 0 Å². The van der Waals surface area contributed by atoms with E-state index in [-0.39, 0.29) is 16.2 Å². The van der Waals surface area contributed by atoms with Gasteiger partial charge in [0, 0.05) is 16.2 Å². The number of hydrogen-bond acceptors (Lipinski definition) is 0. The Morgan fingerprint density at radius 2 is 0.423 bits per heavy atom. The van der Waals surface area contributed by atoms with E-state index >= 15 is 0 Å². The maximum atomic E-state index is 2.47. The molecular formula is C71H54. The summed E-state index contributed by atoms with van der Waals surface area (Å²) in [6, 6.07) is 82.9. The second-order valence-electron chi connectivity index (χ2n) is 22.1. The zero-order chi connectivity index (χ0) is 48.0. The Morgan fingerprint density at radius 3 is 0.817 bits per heavy atom. The van der Waals surface area contributed by atoms with Gasteiger partial charge in [0.25, 0.3) is 0 Å². The minimum atomic E-state index is -0.145. The standard InChI is InChI=1S/C71H54/c1-69(2)63-14-10-9-13-57(63)58-30-25-52(38-64(58)69)44-15-17-45(18-16-44)53-26-31-59-61-33-28-55(41-67(61)70(3,4)65(59)39-53)56-29-34-62-60-32-27-54(40-66(60)71(5,6)68(62)42-56)51-24-23-49-36-48(21-22-50(49)37-51)47-20-19-43-11-7-8-12-46(43)35-47/h7-42H,1-6H3. The molecule has 0 saturated heterocycles. The monoisotopic (exact) mass is 906 g/mol. The Morgan fingerprint density at radius 1 is 0.183 bits per heavy atom. The van der Waals surface area contributed by atoms with Crippen molar-refractivity contribution in [2.45, 2.75) is 57.8 Å². The highest BCUT2D eigenvalue weighted by Gasteiger charge is 2.39. The third-order valence-corrected chi connectivity index (χ3v) is 17.1. The molecule has 3 aliphatic rings. The Labute approximate surface area is 418 Å². The van der Waals surface area contributed by atoms with Crippen LogP contribution in [0.25, 0.3) is 111 Å².